The van der Waals surface area contributed by atoms with E-state index in [0.717, 1.165) is 23.7 Å². The maximum Gasteiger partial charge on any atom is 0.229 e. The van der Waals surface area contributed by atoms with Gasteiger partial charge in [-0.25, -0.2) is 4.98 Å². The van der Waals surface area contributed by atoms with Crippen molar-refractivity contribution in [1.82, 2.24) is 9.97 Å². The van der Waals surface area contributed by atoms with Crippen molar-refractivity contribution in [2.45, 2.75) is 20.8 Å². The number of benzene rings is 1. The molecule has 0 atom stereocenters. The number of nitrogens with one attached hydrogen (secondary N) is 2. The van der Waals surface area contributed by atoms with Crippen molar-refractivity contribution >= 4 is 29.1 Å². The average molecular weight is 291 g/mol. The second-order valence-corrected chi connectivity index (χ2v) is 5.56. The lowest BCUT2D eigenvalue weighted by atomic mass is 10.2. The zero-order chi connectivity index (χ0) is 14.5. The molecule has 1 aromatic heterocycles. The first-order chi connectivity index (χ1) is 9.52. The third-order valence-corrected chi connectivity index (χ3v) is 2.86. The van der Waals surface area contributed by atoms with Crippen LogP contribution in [0.3, 0.4) is 0 Å². The molecule has 20 heavy (non-hydrogen) atoms. The zero-order valence-corrected chi connectivity index (χ0v) is 12.7. The van der Waals surface area contributed by atoms with E-state index in [1.54, 1.807) is 0 Å². The van der Waals surface area contributed by atoms with Gasteiger partial charge in [0.2, 0.25) is 5.95 Å². The van der Waals surface area contributed by atoms with Crippen LogP contribution in [0.2, 0.25) is 5.02 Å². The lowest BCUT2D eigenvalue weighted by molar-refractivity contribution is 0.687. The summed E-state index contributed by atoms with van der Waals surface area (Å²) in [6.45, 7) is 7.15. The van der Waals surface area contributed by atoms with E-state index in [0.29, 0.717) is 16.9 Å². The smallest absolute Gasteiger partial charge is 0.229 e. The SMILES string of the molecule is Cc1cc(NCC(C)C)nc(Nc2cccc(Cl)c2)n1. The van der Waals surface area contributed by atoms with E-state index in [2.05, 4.69) is 34.4 Å². The summed E-state index contributed by atoms with van der Waals surface area (Å²) in [5.41, 5.74) is 1.79. The van der Waals surface area contributed by atoms with Crippen molar-refractivity contribution in [3.63, 3.8) is 0 Å². The molecule has 0 radical (unpaired) electrons. The predicted molar refractivity (Wildman–Crippen MR) is 84.8 cm³/mol. The summed E-state index contributed by atoms with van der Waals surface area (Å²) >= 11 is 5.97. The summed E-state index contributed by atoms with van der Waals surface area (Å²) in [6, 6.07) is 9.43. The molecule has 1 heterocycles. The largest absolute Gasteiger partial charge is 0.370 e. The molecule has 5 heteroatoms. The first-order valence-electron chi connectivity index (χ1n) is 6.65. The third kappa shape index (κ3) is 4.38. The molecule has 0 unspecified atom stereocenters. The quantitative estimate of drug-likeness (QED) is 0.864. The molecule has 0 aliphatic rings. The van der Waals surface area contributed by atoms with Crippen LogP contribution in [0.1, 0.15) is 19.5 Å². The molecule has 0 aliphatic heterocycles. The van der Waals surface area contributed by atoms with Crippen LogP contribution in [0.5, 0.6) is 0 Å². The highest BCUT2D eigenvalue weighted by Crippen LogP contribution is 2.19. The fourth-order valence-electron chi connectivity index (χ4n) is 1.72. The van der Waals surface area contributed by atoms with E-state index in [9.17, 15) is 0 Å². The van der Waals surface area contributed by atoms with E-state index in [-0.39, 0.29) is 0 Å². The van der Waals surface area contributed by atoms with Gasteiger partial charge in [-0.3, -0.25) is 0 Å². The van der Waals surface area contributed by atoms with E-state index in [1.165, 1.54) is 0 Å². The minimum absolute atomic E-state index is 0.564. The van der Waals surface area contributed by atoms with Crippen LogP contribution < -0.4 is 10.6 Å². The van der Waals surface area contributed by atoms with Gasteiger partial charge in [-0.05, 0) is 31.0 Å². The van der Waals surface area contributed by atoms with E-state index in [4.69, 9.17) is 11.6 Å². The zero-order valence-electron chi connectivity index (χ0n) is 11.9. The molecular formula is C15H19ClN4. The summed E-state index contributed by atoms with van der Waals surface area (Å²) in [4.78, 5) is 8.83. The minimum Gasteiger partial charge on any atom is -0.370 e. The third-order valence-electron chi connectivity index (χ3n) is 2.63. The molecule has 0 aliphatic carbocycles. The first kappa shape index (κ1) is 14.6. The van der Waals surface area contributed by atoms with Crippen LogP contribution in [0.4, 0.5) is 17.5 Å². The standard InChI is InChI=1S/C15H19ClN4/c1-10(2)9-17-14-7-11(3)18-15(20-14)19-13-6-4-5-12(16)8-13/h4-8,10H,9H2,1-3H3,(H2,17,18,19,20). The van der Waals surface area contributed by atoms with Gasteiger partial charge in [0.1, 0.15) is 5.82 Å². The van der Waals surface area contributed by atoms with E-state index in [1.807, 2.05) is 37.3 Å². The van der Waals surface area contributed by atoms with Crippen molar-refractivity contribution in [2.24, 2.45) is 5.92 Å². The lowest BCUT2D eigenvalue weighted by Crippen LogP contribution is -2.10. The van der Waals surface area contributed by atoms with Crippen molar-refractivity contribution in [3.8, 4) is 0 Å². The van der Waals surface area contributed by atoms with Crippen molar-refractivity contribution in [3.05, 3.63) is 41.0 Å². The Balaban J connectivity index is 2.15. The Kier molecular flexibility index (Phi) is 4.79. The Labute approximate surface area is 124 Å². The van der Waals surface area contributed by atoms with Crippen molar-refractivity contribution in [1.29, 1.82) is 0 Å². The molecule has 0 saturated carbocycles. The number of aromatic nitrogens is 2. The first-order valence-corrected chi connectivity index (χ1v) is 7.03. The number of hydrogen-bond acceptors (Lipinski definition) is 4. The van der Waals surface area contributed by atoms with Gasteiger partial charge < -0.3 is 10.6 Å². The summed E-state index contributed by atoms with van der Waals surface area (Å²) in [6.07, 6.45) is 0. The van der Waals surface area contributed by atoms with Crippen LogP contribution >= 0.6 is 11.6 Å². The van der Waals surface area contributed by atoms with E-state index >= 15 is 0 Å². The molecular weight excluding hydrogens is 272 g/mol. The number of anilines is 3. The Bertz CT molecular complexity index is 584. The maximum absolute atomic E-state index is 5.97. The number of nitrogens with zero attached hydrogens (tertiary/aromatic N) is 2. The molecule has 106 valence electrons. The summed E-state index contributed by atoms with van der Waals surface area (Å²) in [7, 11) is 0. The number of halogens is 1. The second kappa shape index (κ2) is 6.57. The minimum atomic E-state index is 0.564. The van der Waals surface area contributed by atoms with Crippen LogP contribution in [-0.2, 0) is 0 Å². The Hall–Kier alpha value is -1.81. The lowest BCUT2D eigenvalue weighted by Gasteiger charge is -2.11. The summed E-state index contributed by atoms with van der Waals surface area (Å²) in [5, 5.41) is 7.15. The van der Waals surface area contributed by atoms with Gasteiger partial charge in [0.05, 0.1) is 0 Å². The van der Waals surface area contributed by atoms with Gasteiger partial charge in [-0.2, -0.15) is 4.98 Å². The second-order valence-electron chi connectivity index (χ2n) is 5.13. The van der Waals surface area contributed by atoms with Gasteiger partial charge in [0, 0.05) is 29.0 Å². The topological polar surface area (TPSA) is 49.8 Å². The molecule has 0 fully saturated rings. The highest BCUT2D eigenvalue weighted by Gasteiger charge is 2.04. The Morgan fingerprint density at radius 3 is 2.70 bits per heavy atom. The van der Waals surface area contributed by atoms with E-state index < -0.39 is 0 Å². The Morgan fingerprint density at radius 2 is 2.00 bits per heavy atom. The highest BCUT2D eigenvalue weighted by molar-refractivity contribution is 6.30. The van der Waals surface area contributed by atoms with Gasteiger partial charge in [0.25, 0.3) is 0 Å². The Morgan fingerprint density at radius 1 is 1.20 bits per heavy atom. The average Bonchev–Trinajstić information content (AvgIpc) is 2.35. The van der Waals surface area contributed by atoms with Crippen LogP contribution in [0.25, 0.3) is 0 Å². The maximum atomic E-state index is 5.97. The van der Waals surface area contributed by atoms with Crippen LogP contribution in [0, 0.1) is 12.8 Å². The molecule has 0 bridgehead atoms. The van der Waals surface area contributed by atoms with Crippen LogP contribution in [0.15, 0.2) is 30.3 Å². The molecule has 4 nitrogen and oxygen atoms in total. The molecule has 0 spiro atoms. The molecule has 0 amide bonds. The van der Waals surface area contributed by atoms with Gasteiger partial charge in [0.15, 0.2) is 0 Å². The molecule has 1 aromatic carbocycles. The van der Waals surface area contributed by atoms with Crippen LogP contribution in [-0.4, -0.2) is 16.5 Å². The van der Waals surface area contributed by atoms with Crippen molar-refractivity contribution in [2.75, 3.05) is 17.2 Å². The number of rotatable bonds is 5. The molecule has 2 rings (SSSR count). The van der Waals surface area contributed by atoms with Gasteiger partial charge in [-0.15, -0.1) is 0 Å². The fraction of sp³-hybridized carbons (Fsp3) is 0.333. The van der Waals surface area contributed by atoms with Gasteiger partial charge in [-0.1, -0.05) is 31.5 Å². The number of hydrogen-bond donors (Lipinski definition) is 2. The monoisotopic (exact) mass is 290 g/mol. The summed E-state index contributed by atoms with van der Waals surface area (Å²) in [5.74, 6) is 1.96. The predicted octanol–water partition coefficient (Wildman–Crippen LogP) is 4.25. The van der Waals surface area contributed by atoms with Crippen molar-refractivity contribution < 1.29 is 0 Å². The highest BCUT2D eigenvalue weighted by atomic mass is 35.5. The molecule has 0 saturated heterocycles. The molecule has 2 N–H and O–H groups in total. The number of aryl methyl sites for hydroxylation is 1. The normalized spacial score (nSPS) is 10.7. The van der Waals surface area contributed by atoms with Gasteiger partial charge >= 0.3 is 0 Å². The fourth-order valence-corrected chi connectivity index (χ4v) is 1.91. The molecule has 2 aromatic rings. The summed E-state index contributed by atoms with van der Waals surface area (Å²) < 4.78 is 0.